The van der Waals surface area contributed by atoms with Gasteiger partial charge in [0, 0.05) is 39.3 Å². The van der Waals surface area contributed by atoms with E-state index >= 15 is 0 Å². The SMILES string of the molecule is Cc1oc(C(=O)N2CCCC(C(C)N)C2)cc1S(=O)(=O)N(C)C.Cl. The molecule has 2 heterocycles. The van der Waals surface area contributed by atoms with Crippen LogP contribution in [0.25, 0.3) is 0 Å². The van der Waals surface area contributed by atoms with E-state index in [1.807, 2.05) is 6.92 Å². The van der Waals surface area contributed by atoms with Gasteiger partial charge in [-0.1, -0.05) is 0 Å². The molecule has 1 aromatic rings. The van der Waals surface area contributed by atoms with Crippen LogP contribution in [0.1, 0.15) is 36.1 Å². The molecule has 2 atom stereocenters. The smallest absolute Gasteiger partial charge is 0.289 e. The highest BCUT2D eigenvalue weighted by Gasteiger charge is 2.31. The molecule has 2 N–H and O–H groups in total. The minimum atomic E-state index is -3.63. The number of rotatable bonds is 4. The van der Waals surface area contributed by atoms with E-state index < -0.39 is 10.0 Å². The first-order valence-electron chi connectivity index (χ1n) is 7.72. The minimum absolute atomic E-state index is 0. The molecule has 0 aliphatic carbocycles. The molecule has 1 aliphatic heterocycles. The second-order valence-electron chi connectivity index (χ2n) is 6.33. The Kier molecular flexibility index (Phi) is 6.86. The molecule has 1 amide bonds. The van der Waals surface area contributed by atoms with E-state index in [0.717, 1.165) is 17.1 Å². The number of carbonyl (C=O) groups is 1. The van der Waals surface area contributed by atoms with Gasteiger partial charge in [-0.05, 0) is 32.6 Å². The van der Waals surface area contributed by atoms with Crippen LogP contribution >= 0.6 is 12.4 Å². The average molecular weight is 380 g/mol. The van der Waals surface area contributed by atoms with Crippen LogP contribution in [-0.2, 0) is 10.0 Å². The Hall–Kier alpha value is -1.09. The van der Waals surface area contributed by atoms with Crippen molar-refractivity contribution in [2.45, 2.75) is 37.6 Å². The van der Waals surface area contributed by atoms with Gasteiger partial charge in [0.05, 0.1) is 0 Å². The highest BCUT2D eigenvalue weighted by Crippen LogP contribution is 2.25. The summed E-state index contributed by atoms with van der Waals surface area (Å²) in [5.74, 6) is 0.267. The molecular weight excluding hydrogens is 354 g/mol. The summed E-state index contributed by atoms with van der Waals surface area (Å²) >= 11 is 0. The molecule has 138 valence electrons. The standard InChI is InChI=1S/C15H25N3O4S.ClH/c1-10(16)12-6-5-7-18(9-12)15(19)13-8-14(11(2)22-13)23(20,21)17(3)4;/h8,10,12H,5-7,9,16H2,1-4H3;1H. The summed E-state index contributed by atoms with van der Waals surface area (Å²) < 4.78 is 31.0. The number of nitrogens with two attached hydrogens (primary N) is 1. The van der Waals surface area contributed by atoms with Crippen LogP contribution in [0.15, 0.2) is 15.4 Å². The van der Waals surface area contributed by atoms with Gasteiger partial charge in [-0.2, -0.15) is 0 Å². The zero-order valence-corrected chi connectivity index (χ0v) is 16.1. The number of piperidine rings is 1. The Morgan fingerprint density at radius 2 is 2.08 bits per heavy atom. The Labute approximate surface area is 149 Å². The van der Waals surface area contributed by atoms with Crippen LogP contribution in [-0.4, -0.2) is 56.8 Å². The van der Waals surface area contributed by atoms with Crippen LogP contribution in [0.5, 0.6) is 0 Å². The lowest BCUT2D eigenvalue weighted by atomic mass is 9.92. The summed E-state index contributed by atoms with van der Waals surface area (Å²) in [6.07, 6.45) is 1.89. The van der Waals surface area contributed by atoms with Crippen molar-refractivity contribution in [1.82, 2.24) is 9.21 Å². The van der Waals surface area contributed by atoms with Gasteiger partial charge in [0.15, 0.2) is 5.76 Å². The first-order valence-corrected chi connectivity index (χ1v) is 9.16. The molecule has 1 fully saturated rings. The monoisotopic (exact) mass is 379 g/mol. The lowest BCUT2D eigenvalue weighted by Gasteiger charge is -2.34. The van der Waals surface area contributed by atoms with E-state index in [0.29, 0.717) is 13.1 Å². The maximum absolute atomic E-state index is 12.6. The largest absolute Gasteiger partial charge is 0.455 e. The molecule has 0 saturated carbocycles. The third kappa shape index (κ3) is 4.11. The lowest BCUT2D eigenvalue weighted by molar-refractivity contribution is 0.0627. The van der Waals surface area contributed by atoms with Crippen molar-refractivity contribution in [2.24, 2.45) is 11.7 Å². The number of sulfonamides is 1. The summed E-state index contributed by atoms with van der Waals surface area (Å²) in [6.45, 7) is 4.70. The molecule has 1 aliphatic rings. The average Bonchev–Trinajstić information content (AvgIpc) is 2.89. The molecule has 2 unspecified atom stereocenters. The van der Waals surface area contributed by atoms with Crippen molar-refractivity contribution in [2.75, 3.05) is 27.2 Å². The van der Waals surface area contributed by atoms with Gasteiger partial charge in [0.1, 0.15) is 10.7 Å². The molecule has 24 heavy (non-hydrogen) atoms. The summed E-state index contributed by atoms with van der Waals surface area (Å²) in [4.78, 5) is 14.3. The van der Waals surface area contributed by atoms with Crippen molar-refractivity contribution < 1.29 is 17.6 Å². The molecule has 0 spiro atoms. The van der Waals surface area contributed by atoms with E-state index in [-0.39, 0.29) is 46.7 Å². The number of furan rings is 1. The van der Waals surface area contributed by atoms with Gasteiger partial charge in [-0.15, -0.1) is 12.4 Å². The van der Waals surface area contributed by atoms with E-state index in [2.05, 4.69) is 0 Å². The third-order valence-corrected chi connectivity index (χ3v) is 6.25. The number of amides is 1. The Morgan fingerprint density at radius 3 is 2.62 bits per heavy atom. The fourth-order valence-corrected chi connectivity index (χ4v) is 3.86. The van der Waals surface area contributed by atoms with Gasteiger partial charge in [-0.3, -0.25) is 4.79 Å². The quantitative estimate of drug-likeness (QED) is 0.854. The van der Waals surface area contributed by atoms with Gasteiger partial charge in [0.25, 0.3) is 5.91 Å². The Bertz CT molecular complexity index is 685. The number of hydrogen-bond donors (Lipinski definition) is 1. The molecule has 1 saturated heterocycles. The molecule has 9 heteroatoms. The van der Waals surface area contributed by atoms with Gasteiger partial charge in [-0.25, -0.2) is 12.7 Å². The van der Waals surface area contributed by atoms with Crippen LogP contribution in [0.4, 0.5) is 0 Å². The van der Waals surface area contributed by atoms with E-state index in [1.165, 1.54) is 20.2 Å². The molecule has 7 nitrogen and oxygen atoms in total. The summed E-state index contributed by atoms with van der Waals surface area (Å²) in [5, 5.41) is 0. The number of likely N-dealkylation sites (tertiary alicyclic amines) is 1. The highest BCUT2D eigenvalue weighted by atomic mass is 35.5. The van der Waals surface area contributed by atoms with Crippen LogP contribution in [0, 0.1) is 12.8 Å². The fraction of sp³-hybridized carbons (Fsp3) is 0.667. The molecule has 0 bridgehead atoms. The van der Waals surface area contributed by atoms with Crippen LogP contribution < -0.4 is 5.73 Å². The lowest BCUT2D eigenvalue weighted by Crippen LogP contribution is -2.45. The Morgan fingerprint density at radius 1 is 1.46 bits per heavy atom. The summed E-state index contributed by atoms with van der Waals surface area (Å²) in [5.41, 5.74) is 5.94. The molecule has 1 aromatic heterocycles. The number of hydrogen-bond acceptors (Lipinski definition) is 5. The molecule has 0 radical (unpaired) electrons. The molecule has 0 aromatic carbocycles. The first-order chi connectivity index (χ1) is 10.6. The van der Waals surface area contributed by atoms with E-state index in [1.54, 1.807) is 11.8 Å². The summed E-state index contributed by atoms with van der Waals surface area (Å²) in [7, 11) is -0.735. The van der Waals surface area contributed by atoms with Crippen molar-refractivity contribution >= 4 is 28.3 Å². The van der Waals surface area contributed by atoms with Crippen LogP contribution in [0.3, 0.4) is 0 Å². The van der Waals surface area contributed by atoms with Gasteiger partial charge >= 0.3 is 0 Å². The maximum Gasteiger partial charge on any atom is 0.289 e. The van der Waals surface area contributed by atoms with Crippen molar-refractivity contribution in [3.8, 4) is 0 Å². The van der Waals surface area contributed by atoms with Crippen molar-refractivity contribution in [3.05, 3.63) is 17.6 Å². The van der Waals surface area contributed by atoms with E-state index in [4.69, 9.17) is 10.2 Å². The number of aryl methyl sites for hydroxylation is 1. The van der Waals surface area contributed by atoms with Crippen molar-refractivity contribution in [3.63, 3.8) is 0 Å². The Balaban J connectivity index is 0.00000288. The van der Waals surface area contributed by atoms with Crippen LogP contribution in [0.2, 0.25) is 0 Å². The van der Waals surface area contributed by atoms with E-state index in [9.17, 15) is 13.2 Å². The first kappa shape index (κ1) is 21.0. The predicted octanol–water partition coefficient (Wildman–Crippen LogP) is 1.46. The predicted molar refractivity (Wildman–Crippen MR) is 93.8 cm³/mol. The number of carbonyl (C=O) groups excluding carboxylic acids is 1. The zero-order valence-electron chi connectivity index (χ0n) is 14.5. The zero-order chi connectivity index (χ0) is 17.4. The topological polar surface area (TPSA) is 96.8 Å². The summed E-state index contributed by atoms with van der Waals surface area (Å²) in [6, 6.07) is 1.34. The second kappa shape index (κ2) is 7.86. The number of halogens is 1. The van der Waals surface area contributed by atoms with Gasteiger partial charge in [0.2, 0.25) is 10.0 Å². The highest BCUT2D eigenvalue weighted by molar-refractivity contribution is 7.89. The maximum atomic E-state index is 12.6. The minimum Gasteiger partial charge on any atom is -0.455 e. The normalized spacial score (nSPS) is 19.9. The van der Waals surface area contributed by atoms with Gasteiger partial charge < -0.3 is 15.1 Å². The fourth-order valence-electron chi connectivity index (χ4n) is 2.80. The molecule has 2 rings (SSSR count). The van der Waals surface area contributed by atoms with Crippen molar-refractivity contribution in [1.29, 1.82) is 0 Å². The third-order valence-electron chi connectivity index (χ3n) is 4.33. The molecular formula is C15H26ClN3O4S. The number of nitrogens with zero attached hydrogens (tertiary/aromatic N) is 2. The second-order valence-corrected chi connectivity index (χ2v) is 8.45.